The van der Waals surface area contributed by atoms with Gasteiger partial charge in [-0.2, -0.15) is 0 Å². The first-order valence-electron chi connectivity index (χ1n) is 10.5. The first-order chi connectivity index (χ1) is 14.5. The van der Waals surface area contributed by atoms with Crippen molar-refractivity contribution in [3.05, 3.63) is 65.5 Å². The fourth-order valence-electron chi connectivity index (χ4n) is 4.37. The van der Waals surface area contributed by atoms with E-state index in [9.17, 15) is 9.18 Å². The second-order valence-corrected chi connectivity index (χ2v) is 8.21. The van der Waals surface area contributed by atoms with E-state index >= 15 is 0 Å². The smallest absolute Gasteiger partial charge is 0.233 e. The molecule has 1 amide bonds. The maximum absolute atomic E-state index is 13.4. The molecule has 1 unspecified atom stereocenters. The van der Waals surface area contributed by atoms with Gasteiger partial charge < -0.3 is 14.4 Å². The number of rotatable bonds is 7. The monoisotopic (exact) mass is 412 g/mol. The third kappa shape index (κ3) is 4.20. The number of hydrogen-bond acceptors (Lipinski definition) is 4. The Hall–Kier alpha value is -2.44. The van der Waals surface area contributed by atoms with Crippen LogP contribution in [0.1, 0.15) is 30.0 Å². The second-order valence-electron chi connectivity index (χ2n) is 8.21. The molecule has 0 radical (unpaired) electrons. The molecule has 5 nitrogen and oxygen atoms in total. The molecule has 160 valence electrons. The number of methoxy groups -OCH3 is 1. The molecule has 0 spiro atoms. The topological polar surface area (TPSA) is 42.0 Å². The Balaban J connectivity index is 1.54. The van der Waals surface area contributed by atoms with Gasteiger partial charge in [0.1, 0.15) is 11.6 Å². The van der Waals surface area contributed by atoms with Gasteiger partial charge in [0, 0.05) is 26.7 Å². The number of morpholine rings is 1. The highest BCUT2D eigenvalue weighted by molar-refractivity contribution is 5.91. The molecule has 2 fully saturated rings. The van der Waals surface area contributed by atoms with Crippen LogP contribution in [0, 0.1) is 5.82 Å². The molecule has 30 heavy (non-hydrogen) atoms. The molecule has 2 aromatic carbocycles. The van der Waals surface area contributed by atoms with E-state index in [-0.39, 0.29) is 17.8 Å². The Labute approximate surface area is 177 Å². The van der Waals surface area contributed by atoms with Gasteiger partial charge in [0.05, 0.1) is 31.8 Å². The third-order valence-corrected chi connectivity index (χ3v) is 6.34. The van der Waals surface area contributed by atoms with Gasteiger partial charge in [-0.1, -0.05) is 24.3 Å². The molecule has 1 saturated heterocycles. The molecule has 1 saturated carbocycles. The van der Waals surface area contributed by atoms with Crippen LogP contribution in [0.2, 0.25) is 0 Å². The van der Waals surface area contributed by atoms with Crippen molar-refractivity contribution in [2.45, 2.75) is 24.3 Å². The number of ether oxygens (including phenoxy) is 2. The normalized spacial score (nSPS) is 19.2. The number of nitrogens with zero attached hydrogens (tertiary/aromatic N) is 2. The van der Waals surface area contributed by atoms with Gasteiger partial charge in [-0.15, -0.1) is 0 Å². The minimum Gasteiger partial charge on any atom is -0.497 e. The molecule has 0 N–H and O–H groups in total. The summed E-state index contributed by atoms with van der Waals surface area (Å²) in [6.45, 7) is 3.66. The summed E-state index contributed by atoms with van der Waals surface area (Å²) in [5.41, 5.74) is 1.56. The first kappa shape index (κ1) is 20.8. The molecular weight excluding hydrogens is 383 g/mol. The molecule has 1 aliphatic heterocycles. The lowest BCUT2D eigenvalue weighted by Crippen LogP contribution is -2.46. The van der Waals surface area contributed by atoms with Gasteiger partial charge in [0.15, 0.2) is 0 Å². The Morgan fingerprint density at radius 1 is 1.13 bits per heavy atom. The van der Waals surface area contributed by atoms with Gasteiger partial charge in [0.25, 0.3) is 0 Å². The lowest BCUT2D eigenvalue weighted by atomic mass is 9.94. The summed E-state index contributed by atoms with van der Waals surface area (Å²) in [6.07, 6.45) is 1.62. The van der Waals surface area contributed by atoms with E-state index < -0.39 is 5.41 Å². The van der Waals surface area contributed by atoms with E-state index in [2.05, 4.69) is 17.0 Å². The summed E-state index contributed by atoms with van der Waals surface area (Å²) in [5, 5.41) is 0. The maximum Gasteiger partial charge on any atom is 0.233 e. The van der Waals surface area contributed by atoms with E-state index in [0.29, 0.717) is 19.8 Å². The Kier molecular flexibility index (Phi) is 6.06. The zero-order chi connectivity index (χ0) is 21.1. The van der Waals surface area contributed by atoms with Crippen molar-refractivity contribution in [2.75, 3.05) is 47.0 Å². The molecule has 1 atom stereocenters. The summed E-state index contributed by atoms with van der Waals surface area (Å²) in [5.74, 6) is 0.653. The standard InChI is InChI=1S/C24H29FN2O3/c1-26(23(28)24(11-12-24)19-5-7-20(25)8-6-19)17-22(27-13-15-30-16-14-27)18-3-9-21(29-2)10-4-18/h3-10,22H,11-17H2,1-2H3. The minimum atomic E-state index is -0.502. The predicted molar refractivity (Wildman–Crippen MR) is 113 cm³/mol. The van der Waals surface area contributed by atoms with Gasteiger partial charge >= 0.3 is 0 Å². The van der Waals surface area contributed by atoms with Crippen molar-refractivity contribution >= 4 is 5.91 Å². The van der Waals surface area contributed by atoms with Crippen molar-refractivity contribution in [1.82, 2.24) is 9.80 Å². The van der Waals surface area contributed by atoms with Gasteiger partial charge in [-0.05, 0) is 48.2 Å². The quantitative estimate of drug-likeness (QED) is 0.699. The van der Waals surface area contributed by atoms with Crippen LogP contribution in [0.5, 0.6) is 5.75 Å². The van der Waals surface area contributed by atoms with E-state index in [1.807, 2.05) is 24.1 Å². The van der Waals surface area contributed by atoms with Crippen molar-refractivity contribution in [1.29, 1.82) is 0 Å². The summed E-state index contributed by atoms with van der Waals surface area (Å²) < 4.78 is 24.2. The van der Waals surface area contributed by atoms with E-state index in [4.69, 9.17) is 9.47 Å². The zero-order valence-corrected chi connectivity index (χ0v) is 17.6. The minimum absolute atomic E-state index is 0.0813. The van der Waals surface area contributed by atoms with Gasteiger partial charge in [-0.25, -0.2) is 4.39 Å². The Bertz CT molecular complexity index is 859. The average molecular weight is 413 g/mol. The molecule has 1 heterocycles. The van der Waals surface area contributed by atoms with E-state index in [1.165, 1.54) is 12.1 Å². The molecule has 0 bridgehead atoms. The molecule has 2 aliphatic rings. The molecule has 2 aromatic rings. The van der Waals surface area contributed by atoms with Crippen LogP contribution >= 0.6 is 0 Å². The number of benzene rings is 2. The SMILES string of the molecule is COc1ccc(C(CN(C)C(=O)C2(c3ccc(F)cc3)CC2)N2CCOCC2)cc1. The number of likely N-dealkylation sites (N-methyl/N-ethyl adjacent to an activating group) is 1. The van der Waals surface area contributed by atoms with Crippen LogP contribution in [0.3, 0.4) is 0 Å². The molecule has 1 aliphatic carbocycles. The lowest BCUT2D eigenvalue weighted by Gasteiger charge is -2.37. The molecule has 6 heteroatoms. The zero-order valence-electron chi connectivity index (χ0n) is 17.6. The maximum atomic E-state index is 13.4. The fourth-order valence-corrected chi connectivity index (χ4v) is 4.37. The van der Waals surface area contributed by atoms with Crippen LogP contribution in [-0.4, -0.2) is 62.7 Å². The fraction of sp³-hybridized carbons (Fsp3) is 0.458. The van der Waals surface area contributed by atoms with Crippen molar-refractivity contribution < 1.29 is 18.7 Å². The number of carbonyl (C=O) groups is 1. The van der Waals surface area contributed by atoms with Crippen LogP contribution < -0.4 is 4.74 Å². The van der Waals surface area contributed by atoms with Gasteiger partial charge in [-0.3, -0.25) is 9.69 Å². The highest BCUT2D eigenvalue weighted by Gasteiger charge is 2.52. The Morgan fingerprint density at radius 3 is 2.33 bits per heavy atom. The van der Waals surface area contributed by atoms with Crippen molar-refractivity contribution in [3.8, 4) is 5.75 Å². The van der Waals surface area contributed by atoms with Gasteiger partial charge in [0.2, 0.25) is 5.91 Å². The van der Waals surface area contributed by atoms with Crippen LogP contribution in [0.25, 0.3) is 0 Å². The number of hydrogen-bond donors (Lipinski definition) is 0. The summed E-state index contributed by atoms with van der Waals surface area (Å²) in [4.78, 5) is 17.7. The number of amides is 1. The highest BCUT2D eigenvalue weighted by Crippen LogP contribution is 2.49. The predicted octanol–water partition coefficient (Wildman–Crippen LogP) is 3.40. The highest BCUT2D eigenvalue weighted by atomic mass is 19.1. The Morgan fingerprint density at radius 2 is 1.77 bits per heavy atom. The molecule has 0 aromatic heterocycles. The molecular formula is C24H29FN2O3. The van der Waals surface area contributed by atoms with E-state index in [0.717, 1.165) is 42.8 Å². The van der Waals surface area contributed by atoms with Crippen LogP contribution in [0.15, 0.2) is 48.5 Å². The third-order valence-electron chi connectivity index (χ3n) is 6.34. The number of halogens is 1. The summed E-state index contributed by atoms with van der Waals surface area (Å²) >= 11 is 0. The summed E-state index contributed by atoms with van der Waals surface area (Å²) in [6, 6.07) is 14.5. The van der Waals surface area contributed by atoms with Crippen LogP contribution in [-0.2, 0) is 14.9 Å². The van der Waals surface area contributed by atoms with E-state index in [1.54, 1.807) is 19.2 Å². The largest absolute Gasteiger partial charge is 0.497 e. The summed E-state index contributed by atoms with van der Waals surface area (Å²) in [7, 11) is 3.54. The lowest BCUT2D eigenvalue weighted by molar-refractivity contribution is -0.133. The first-order valence-corrected chi connectivity index (χ1v) is 10.5. The van der Waals surface area contributed by atoms with Crippen molar-refractivity contribution in [2.24, 2.45) is 0 Å². The van der Waals surface area contributed by atoms with Crippen molar-refractivity contribution in [3.63, 3.8) is 0 Å². The van der Waals surface area contributed by atoms with Crippen LogP contribution in [0.4, 0.5) is 4.39 Å². The number of carbonyl (C=O) groups excluding carboxylic acids is 1. The molecule has 4 rings (SSSR count). The average Bonchev–Trinajstić information content (AvgIpc) is 3.60. The second kappa shape index (κ2) is 8.74.